The highest BCUT2D eigenvalue weighted by atomic mass is 35.5. The molecule has 6 heteroatoms. The van der Waals surface area contributed by atoms with E-state index in [2.05, 4.69) is 5.43 Å². The van der Waals surface area contributed by atoms with Gasteiger partial charge >= 0.3 is 0 Å². The van der Waals surface area contributed by atoms with Crippen molar-refractivity contribution in [1.82, 2.24) is 5.43 Å². The van der Waals surface area contributed by atoms with Crippen LogP contribution in [-0.4, -0.2) is 12.6 Å². The van der Waals surface area contributed by atoms with Gasteiger partial charge in [0.2, 0.25) is 0 Å². The minimum atomic E-state index is -0.606. The summed E-state index contributed by atoms with van der Waals surface area (Å²) in [6.07, 6.45) is 0.288. The Kier molecular flexibility index (Phi) is 5.50. The Hall–Kier alpha value is -1.69. The van der Waals surface area contributed by atoms with Crippen molar-refractivity contribution < 1.29 is 13.5 Å². The molecular weight excluding hydrogens is 298 g/mol. The molecule has 2 rings (SSSR count). The molecule has 0 aliphatic rings. The fourth-order valence-electron chi connectivity index (χ4n) is 1.85. The van der Waals surface area contributed by atoms with Crippen LogP contribution in [0, 0.1) is 11.6 Å². The van der Waals surface area contributed by atoms with E-state index in [0.29, 0.717) is 16.3 Å². The van der Waals surface area contributed by atoms with Gasteiger partial charge in [-0.15, -0.1) is 0 Å². The summed E-state index contributed by atoms with van der Waals surface area (Å²) in [6, 6.07) is 10.0. The number of rotatable bonds is 6. The van der Waals surface area contributed by atoms with Crippen molar-refractivity contribution in [2.75, 3.05) is 6.61 Å². The maximum absolute atomic E-state index is 13.6. The molecule has 0 saturated heterocycles. The van der Waals surface area contributed by atoms with Crippen LogP contribution in [0.25, 0.3) is 0 Å². The third kappa shape index (κ3) is 4.67. The number of halogens is 3. The van der Waals surface area contributed by atoms with Gasteiger partial charge in [-0.05, 0) is 42.3 Å². The molecule has 0 spiro atoms. The zero-order valence-corrected chi connectivity index (χ0v) is 11.9. The number of nitrogens with two attached hydrogens (primary N) is 1. The van der Waals surface area contributed by atoms with E-state index in [-0.39, 0.29) is 19.1 Å². The van der Waals surface area contributed by atoms with Gasteiger partial charge in [0.15, 0.2) is 0 Å². The zero-order valence-electron chi connectivity index (χ0n) is 11.2. The number of hydrogen-bond donors (Lipinski definition) is 2. The summed E-state index contributed by atoms with van der Waals surface area (Å²) >= 11 is 5.78. The van der Waals surface area contributed by atoms with Gasteiger partial charge in [-0.1, -0.05) is 17.7 Å². The van der Waals surface area contributed by atoms with Gasteiger partial charge in [0.1, 0.15) is 24.0 Å². The van der Waals surface area contributed by atoms with E-state index < -0.39 is 11.6 Å². The Morgan fingerprint density at radius 3 is 2.48 bits per heavy atom. The van der Waals surface area contributed by atoms with Gasteiger partial charge in [-0.25, -0.2) is 8.78 Å². The molecule has 3 nitrogen and oxygen atoms in total. The molecule has 0 aliphatic carbocycles. The van der Waals surface area contributed by atoms with Crippen LogP contribution >= 0.6 is 11.6 Å². The summed E-state index contributed by atoms with van der Waals surface area (Å²) < 4.78 is 32.0. The van der Waals surface area contributed by atoms with E-state index in [4.69, 9.17) is 22.2 Å². The highest BCUT2D eigenvalue weighted by Crippen LogP contribution is 2.16. The molecule has 1 unspecified atom stereocenters. The van der Waals surface area contributed by atoms with Gasteiger partial charge in [0, 0.05) is 11.1 Å². The monoisotopic (exact) mass is 312 g/mol. The van der Waals surface area contributed by atoms with E-state index in [1.165, 1.54) is 12.1 Å². The lowest BCUT2D eigenvalue weighted by atomic mass is 10.1. The molecule has 0 aliphatic heterocycles. The van der Waals surface area contributed by atoms with E-state index >= 15 is 0 Å². The molecule has 2 aromatic rings. The fraction of sp³-hybridized carbons (Fsp3) is 0.200. The Bertz CT molecular complexity index is 593. The quantitative estimate of drug-likeness (QED) is 0.636. The first-order valence-electron chi connectivity index (χ1n) is 6.37. The van der Waals surface area contributed by atoms with Gasteiger partial charge in [0.25, 0.3) is 0 Å². The van der Waals surface area contributed by atoms with Crippen molar-refractivity contribution in [1.29, 1.82) is 0 Å². The van der Waals surface area contributed by atoms with Crippen LogP contribution in [0.15, 0.2) is 42.5 Å². The van der Waals surface area contributed by atoms with Crippen molar-refractivity contribution >= 4 is 11.6 Å². The van der Waals surface area contributed by atoms with Crippen LogP contribution in [0.5, 0.6) is 5.75 Å². The SMILES string of the molecule is NNC(COc1ccc(Cl)cc1)Cc1ccc(F)cc1F. The van der Waals surface area contributed by atoms with Crippen molar-refractivity contribution in [2.24, 2.45) is 5.84 Å². The van der Waals surface area contributed by atoms with Crippen LogP contribution in [0.1, 0.15) is 5.56 Å². The van der Waals surface area contributed by atoms with Crippen LogP contribution in [0.4, 0.5) is 8.78 Å². The summed E-state index contributed by atoms with van der Waals surface area (Å²) in [5.41, 5.74) is 2.94. The largest absolute Gasteiger partial charge is 0.492 e. The second-order valence-electron chi connectivity index (χ2n) is 4.57. The maximum atomic E-state index is 13.6. The van der Waals surface area contributed by atoms with Gasteiger partial charge < -0.3 is 4.74 Å². The van der Waals surface area contributed by atoms with Crippen LogP contribution in [0.3, 0.4) is 0 Å². The molecule has 112 valence electrons. The highest BCUT2D eigenvalue weighted by molar-refractivity contribution is 6.30. The van der Waals surface area contributed by atoms with E-state index in [1.807, 2.05) is 0 Å². The second-order valence-corrected chi connectivity index (χ2v) is 5.00. The van der Waals surface area contributed by atoms with Crippen molar-refractivity contribution in [2.45, 2.75) is 12.5 Å². The molecule has 0 fully saturated rings. The average Bonchev–Trinajstić information content (AvgIpc) is 2.47. The first-order valence-corrected chi connectivity index (χ1v) is 6.74. The highest BCUT2D eigenvalue weighted by Gasteiger charge is 2.12. The van der Waals surface area contributed by atoms with Crippen molar-refractivity contribution in [3.63, 3.8) is 0 Å². The number of hydrogen-bond acceptors (Lipinski definition) is 3. The Morgan fingerprint density at radius 1 is 1.14 bits per heavy atom. The minimum Gasteiger partial charge on any atom is -0.492 e. The zero-order chi connectivity index (χ0) is 15.2. The molecule has 0 saturated carbocycles. The smallest absolute Gasteiger partial charge is 0.129 e. The first kappa shape index (κ1) is 15.7. The van der Waals surface area contributed by atoms with Gasteiger partial charge in [0.05, 0.1) is 6.04 Å². The lowest BCUT2D eigenvalue weighted by Gasteiger charge is -2.17. The summed E-state index contributed by atoms with van der Waals surface area (Å²) in [6.45, 7) is 0.245. The molecular formula is C15H15ClF2N2O. The molecule has 21 heavy (non-hydrogen) atoms. The number of benzene rings is 2. The standard InChI is InChI=1S/C15H15ClF2N2O/c16-11-2-5-14(6-3-11)21-9-13(20-19)7-10-1-4-12(17)8-15(10)18/h1-6,8,13,20H,7,9,19H2. The predicted octanol–water partition coefficient (Wildman–Crippen LogP) is 3.07. The molecule has 0 radical (unpaired) electrons. The molecule has 0 bridgehead atoms. The van der Waals surface area contributed by atoms with Crippen molar-refractivity contribution in [3.8, 4) is 5.75 Å². The van der Waals surface area contributed by atoms with Crippen molar-refractivity contribution in [3.05, 3.63) is 64.7 Å². The molecule has 3 N–H and O–H groups in total. The molecule has 0 aromatic heterocycles. The van der Waals surface area contributed by atoms with Crippen LogP contribution in [0.2, 0.25) is 5.02 Å². The summed E-state index contributed by atoms with van der Waals surface area (Å²) in [7, 11) is 0. The van der Waals surface area contributed by atoms with Crippen LogP contribution in [-0.2, 0) is 6.42 Å². The topological polar surface area (TPSA) is 47.3 Å². The molecule has 1 atom stereocenters. The third-order valence-corrected chi connectivity index (χ3v) is 3.23. The lowest BCUT2D eigenvalue weighted by molar-refractivity contribution is 0.263. The summed E-state index contributed by atoms with van der Waals surface area (Å²) in [5, 5.41) is 0.615. The molecule has 2 aromatic carbocycles. The molecule has 0 heterocycles. The average molecular weight is 313 g/mol. The Labute approximate surface area is 126 Å². The lowest BCUT2D eigenvalue weighted by Crippen LogP contribution is -2.41. The Balaban J connectivity index is 1.95. The van der Waals surface area contributed by atoms with Crippen LogP contribution < -0.4 is 16.0 Å². The predicted molar refractivity (Wildman–Crippen MR) is 78.1 cm³/mol. The molecule has 0 amide bonds. The van der Waals surface area contributed by atoms with Gasteiger partial charge in [-0.2, -0.15) is 0 Å². The first-order chi connectivity index (χ1) is 10.1. The second kappa shape index (κ2) is 7.36. The Morgan fingerprint density at radius 2 is 1.86 bits per heavy atom. The number of hydrazine groups is 1. The van der Waals surface area contributed by atoms with E-state index in [9.17, 15) is 8.78 Å². The minimum absolute atomic E-state index is 0.245. The third-order valence-electron chi connectivity index (χ3n) is 2.98. The summed E-state index contributed by atoms with van der Waals surface area (Å²) in [4.78, 5) is 0. The number of nitrogens with one attached hydrogen (secondary N) is 1. The number of ether oxygens (including phenoxy) is 1. The maximum Gasteiger partial charge on any atom is 0.129 e. The normalized spacial score (nSPS) is 12.2. The fourth-order valence-corrected chi connectivity index (χ4v) is 1.97. The van der Waals surface area contributed by atoms with E-state index in [1.54, 1.807) is 24.3 Å². The summed E-state index contributed by atoms with van der Waals surface area (Å²) in [5.74, 6) is 4.88. The van der Waals surface area contributed by atoms with Gasteiger partial charge in [-0.3, -0.25) is 11.3 Å². The van der Waals surface area contributed by atoms with E-state index in [0.717, 1.165) is 6.07 Å².